The van der Waals surface area contributed by atoms with Crippen LogP contribution in [0.5, 0.6) is 5.75 Å². The van der Waals surface area contributed by atoms with E-state index in [4.69, 9.17) is 9.47 Å². The highest BCUT2D eigenvalue weighted by molar-refractivity contribution is 5.30. The summed E-state index contributed by atoms with van der Waals surface area (Å²) in [5, 5.41) is 0. The van der Waals surface area contributed by atoms with Crippen LogP contribution in [0.4, 0.5) is 0 Å². The van der Waals surface area contributed by atoms with Gasteiger partial charge >= 0.3 is 0 Å². The van der Waals surface area contributed by atoms with E-state index in [0.717, 1.165) is 24.2 Å². The van der Waals surface area contributed by atoms with Crippen molar-refractivity contribution in [1.82, 2.24) is 0 Å². The van der Waals surface area contributed by atoms with E-state index in [2.05, 4.69) is 58.0 Å². The van der Waals surface area contributed by atoms with Crippen LogP contribution in [-0.2, 0) is 4.74 Å². The van der Waals surface area contributed by atoms with E-state index >= 15 is 0 Å². The maximum absolute atomic E-state index is 6.52. The monoisotopic (exact) mass is 424 g/mol. The van der Waals surface area contributed by atoms with E-state index in [1.54, 1.807) is 5.57 Å². The molecule has 2 saturated carbocycles. The third kappa shape index (κ3) is 6.15. The lowest BCUT2D eigenvalue weighted by Gasteiger charge is -2.29. The molecule has 4 unspecified atom stereocenters. The van der Waals surface area contributed by atoms with Crippen molar-refractivity contribution in [1.29, 1.82) is 0 Å². The number of hydrogen-bond donors (Lipinski definition) is 0. The molecule has 0 radical (unpaired) electrons. The summed E-state index contributed by atoms with van der Waals surface area (Å²) in [4.78, 5) is 0. The molecule has 3 aliphatic carbocycles. The second-order valence-corrected chi connectivity index (χ2v) is 11.6. The SMILES string of the molecule is CCC(CC(C)(C)C)c1ccc(OC(OCC2CCCCC2)C2C=C3CCC3C2)cc1. The third-order valence-corrected chi connectivity index (χ3v) is 7.82. The number of rotatable bonds is 9. The van der Waals surface area contributed by atoms with Gasteiger partial charge < -0.3 is 9.47 Å². The van der Waals surface area contributed by atoms with Crippen LogP contribution in [0.3, 0.4) is 0 Å². The Bertz CT molecular complexity index is 720. The lowest BCUT2D eigenvalue weighted by molar-refractivity contribution is -0.118. The Morgan fingerprint density at radius 1 is 1.00 bits per heavy atom. The van der Waals surface area contributed by atoms with E-state index in [-0.39, 0.29) is 6.29 Å². The molecular weight excluding hydrogens is 380 g/mol. The normalized spacial score (nSPS) is 26.0. The molecular formula is C29H44O2. The maximum Gasteiger partial charge on any atom is 0.206 e. The summed E-state index contributed by atoms with van der Waals surface area (Å²) in [5.41, 5.74) is 3.44. The smallest absolute Gasteiger partial charge is 0.206 e. The summed E-state index contributed by atoms with van der Waals surface area (Å²) in [5.74, 6) is 3.51. The maximum atomic E-state index is 6.52. The van der Waals surface area contributed by atoms with E-state index in [1.165, 1.54) is 69.8 Å². The first-order chi connectivity index (χ1) is 14.9. The summed E-state index contributed by atoms with van der Waals surface area (Å²) in [6.07, 6.45) is 15.4. The minimum atomic E-state index is -0.137. The lowest BCUT2D eigenvalue weighted by Crippen LogP contribution is -2.31. The zero-order valence-electron chi connectivity index (χ0n) is 20.4. The Morgan fingerprint density at radius 3 is 2.29 bits per heavy atom. The van der Waals surface area contributed by atoms with Gasteiger partial charge in [0.1, 0.15) is 5.75 Å². The number of allylic oxidation sites excluding steroid dienone is 1. The number of benzene rings is 1. The molecule has 0 spiro atoms. The molecule has 0 aromatic heterocycles. The second-order valence-electron chi connectivity index (χ2n) is 11.6. The van der Waals surface area contributed by atoms with Crippen LogP contribution in [0.1, 0.15) is 103 Å². The van der Waals surface area contributed by atoms with E-state index in [0.29, 0.717) is 17.3 Å². The molecule has 1 aromatic carbocycles. The fourth-order valence-electron chi connectivity index (χ4n) is 5.88. The van der Waals surface area contributed by atoms with Gasteiger partial charge in [0.25, 0.3) is 0 Å². The summed E-state index contributed by atoms with van der Waals surface area (Å²) in [7, 11) is 0. The fraction of sp³-hybridized carbons (Fsp3) is 0.724. The average Bonchev–Trinajstić information content (AvgIpc) is 3.04. The van der Waals surface area contributed by atoms with Crippen LogP contribution in [0, 0.1) is 23.2 Å². The van der Waals surface area contributed by atoms with Crippen LogP contribution >= 0.6 is 0 Å². The minimum Gasteiger partial charge on any atom is -0.464 e. The fourth-order valence-corrected chi connectivity index (χ4v) is 5.88. The first-order valence-corrected chi connectivity index (χ1v) is 13.0. The zero-order chi connectivity index (χ0) is 21.8. The molecule has 4 rings (SSSR count). The molecule has 0 amide bonds. The van der Waals surface area contributed by atoms with Crippen molar-refractivity contribution in [3.8, 4) is 5.75 Å². The van der Waals surface area contributed by atoms with Crippen LogP contribution in [0.2, 0.25) is 0 Å². The molecule has 2 heteroatoms. The van der Waals surface area contributed by atoms with Gasteiger partial charge in [-0.2, -0.15) is 0 Å². The Balaban J connectivity index is 1.40. The highest BCUT2D eigenvalue weighted by Crippen LogP contribution is 2.46. The highest BCUT2D eigenvalue weighted by Gasteiger charge is 2.38. The predicted octanol–water partition coefficient (Wildman–Crippen LogP) is 8.27. The summed E-state index contributed by atoms with van der Waals surface area (Å²) < 4.78 is 13.0. The third-order valence-electron chi connectivity index (χ3n) is 7.82. The summed E-state index contributed by atoms with van der Waals surface area (Å²) in [6.45, 7) is 10.2. The van der Waals surface area contributed by atoms with Gasteiger partial charge in [-0.3, -0.25) is 0 Å². The van der Waals surface area contributed by atoms with Crippen molar-refractivity contribution in [2.24, 2.45) is 23.2 Å². The van der Waals surface area contributed by atoms with Crippen LogP contribution < -0.4 is 4.74 Å². The van der Waals surface area contributed by atoms with E-state index < -0.39 is 0 Å². The Labute approximate surface area is 190 Å². The molecule has 0 saturated heterocycles. The minimum absolute atomic E-state index is 0.137. The van der Waals surface area contributed by atoms with Gasteiger partial charge in [0.2, 0.25) is 6.29 Å². The van der Waals surface area contributed by atoms with Gasteiger partial charge in [-0.15, -0.1) is 0 Å². The van der Waals surface area contributed by atoms with Crippen molar-refractivity contribution < 1.29 is 9.47 Å². The quantitative estimate of drug-likeness (QED) is 0.293. The second kappa shape index (κ2) is 10.1. The lowest BCUT2D eigenvalue weighted by atomic mass is 9.80. The molecule has 31 heavy (non-hydrogen) atoms. The standard InChI is InChI=1S/C29H44O2/c1-5-22(19-29(2,3)4)23-13-15-27(16-14-23)31-28(26-17-24-11-12-25(24)18-26)30-20-21-9-7-6-8-10-21/h13-17,21-22,25-26,28H,5-12,18-20H2,1-4H3. The zero-order valence-corrected chi connectivity index (χ0v) is 20.4. The van der Waals surface area contributed by atoms with E-state index in [9.17, 15) is 0 Å². The van der Waals surface area contributed by atoms with Crippen LogP contribution in [0.25, 0.3) is 0 Å². The Morgan fingerprint density at radius 2 is 1.74 bits per heavy atom. The topological polar surface area (TPSA) is 18.5 Å². The van der Waals surface area contributed by atoms with Crippen molar-refractivity contribution in [2.45, 2.75) is 104 Å². The molecule has 172 valence electrons. The molecule has 0 aliphatic heterocycles. The Hall–Kier alpha value is -1.28. The van der Waals surface area contributed by atoms with Crippen molar-refractivity contribution >= 4 is 0 Å². The van der Waals surface area contributed by atoms with Crippen molar-refractivity contribution in [3.05, 3.63) is 41.5 Å². The first kappa shape index (κ1) is 22.9. The van der Waals surface area contributed by atoms with Gasteiger partial charge in [0.15, 0.2) is 0 Å². The highest BCUT2D eigenvalue weighted by atomic mass is 16.7. The predicted molar refractivity (Wildman–Crippen MR) is 129 cm³/mol. The number of ether oxygens (including phenoxy) is 2. The van der Waals surface area contributed by atoms with Crippen LogP contribution in [0.15, 0.2) is 35.9 Å². The molecule has 1 aromatic rings. The molecule has 0 bridgehead atoms. The molecule has 2 nitrogen and oxygen atoms in total. The largest absolute Gasteiger partial charge is 0.464 e. The molecule has 0 N–H and O–H groups in total. The molecule has 0 heterocycles. The van der Waals surface area contributed by atoms with Gasteiger partial charge in [-0.25, -0.2) is 0 Å². The Kier molecular flexibility index (Phi) is 7.47. The average molecular weight is 425 g/mol. The van der Waals surface area contributed by atoms with Gasteiger partial charge in [0.05, 0.1) is 6.61 Å². The van der Waals surface area contributed by atoms with Gasteiger partial charge in [-0.1, -0.05) is 70.7 Å². The number of fused-ring (bicyclic) bond motifs is 1. The molecule has 2 fully saturated rings. The molecule has 3 aliphatic rings. The first-order valence-electron chi connectivity index (χ1n) is 13.0. The molecule has 4 atom stereocenters. The van der Waals surface area contributed by atoms with Crippen molar-refractivity contribution in [3.63, 3.8) is 0 Å². The van der Waals surface area contributed by atoms with Gasteiger partial charge in [0, 0.05) is 5.92 Å². The number of hydrogen-bond acceptors (Lipinski definition) is 2. The van der Waals surface area contributed by atoms with Crippen molar-refractivity contribution in [2.75, 3.05) is 6.61 Å². The summed E-state index contributed by atoms with van der Waals surface area (Å²) >= 11 is 0. The van der Waals surface area contributed by atoms with E-state index in [1.807, 2.05) is 0 Å². The van der Waals surface area contributed by atoms with Crippen LogP contribution in [-0.4, -0.2) is 12.9 Å². The van der Waals surface area contributed by atoms with Gasteiger partial charge in [-0.05, 0) is 85.8 Å². The summed E-state index contributed by atoms with van der Waals surface area (Å²) in [6, 6.07) is 8.91.